The van der Waals surface area contributed by atoms with Gasteiger partial charge in [-0.05, 0) is 6.92 Å². The van der Waals surface area contributed by atoms with Gasteiger partial charge < -0.3 is 10.4 Å². The van der Waals surface area contributed by atoms with Crippen molar-refractivity contribution in [3.05, 3.63) is 11.6 Å². The molecule has 5 heteroatoms. The monoisotopic (exact) mass is 189 g/mol. The van der Waals surface area contributed by atoms with Crippen molar-refractivity contribution in [2.45, 2.75) is 6.92 Å². The number of carboxylic acids is 1. The second-order valence-electron chi connectivity index (χ2n) is 2.15. The molecule has 0 saturated carbocycles. The topological polar surface area (TPSA) is 66.4 Å². The van der Waals surface area contributed by atoms with Crippen LogP contribution < -0.4 is 5.32 Å². The Hall–Kier alpha value is -0.970. The first-order valence-electron chi connectivity index (χ1n) is 3.38. The third-order valence-electron chi connectivity index (χ3n) is 1.10. The number of rotatable bonds is 4. The Kier molecular flexibility index (Phi) is 5.19. The molecule has 4 nitrogen and oxygen atoms in total. The standard InChI is InChI=1S/C7H11NO3S/c1-5(7(10)11)4-6(9)8-2-3-12/h4,12H,2-3H2,1H3,(H,8,9)(H,10,11)/b5-4-. The molecule has 0 unspecified atom stereocenters. The first-order chi connectivity index (χ1) is 5.57. The summed E-state index contributed by atoms with van der Waals surface area (Å²) >= 11 is 3.87. The minimum atomic E-state index is -1.09. The van der Waals surface area contributed by atoms with Crippen LogP contribution in [-0.2, 0) is 9.59 Å². The maximum absolute atomic E-state index is 10.8. The summed E-state index contributed by atoms with van der Waals surface area (Å²) in [5.41, 5.74) is 0.0201. The molecule has 0 heterocycles. The fraction of sp³-hybridized carbons (Fsp3) is 0.429. The zero-order chi connectivity index (χ0) is 9.56. The first kappa shape index (κ1) is 11.0. The van der Waals surface area contributed by atoms with Crippen LogP contribution in [0.15, 0.2) is 11.6 Å². The van der Waals surface area contributed by atoms with Crippen LogP contribution in [0.4, 0.5) is 0 Å². The Morgan fingerprint density at radius 1 is 1.58 bits per heavy atom. The van der Waals surface area contributed by atoms with Crippen molar-refractivity contribution >= 4 is 24.5 Å². The molecule has 0 radical (unpaired) electrons. The molecule has 0 aromatic carbocycles. The zero-order valence-electron chi connectivity index (χ0n) is 6.70. The summed E-state index contributed by atoms with van der Waals surface area (Å²) in [6, 6.07) is 0. The lowest BCUT2D eigenvalue weighted by Gasteiger charge is -1.97. The van der Waals surface area contributed by atoms with E-state index >= 15 is 0 Å². The number of hydrogen-bond donors (Lipinski definition) is 3. The van der Waals surface area contributed by atoms with E-state index in [4.69, 9.17) is 5.11 Å². The van der Waals surface area contributed by atoms with Crippen LogP contribution >= 0.6 is 12.6 Å². The van der Waals surface area contributed by atoms with Crippen molar-refractivity contribution in [1.29, 1.82) is 0 Å². The quantitative estimate of drug-likeness (QED) is 0.433. The van der Waals surface area contributed by atoms with Gasteiger partial charge in [0.1, 0.15) is 0 Å². The molecule has 0 aliphatic heterocycles. The molecular formula is C7H11NO3S. The smallest absolute Gasteiger partial charge is 0.331 e. The molecule has 0 atom stereocenters. The van der Waals surface area contributed by atoms with Gasteiger partial charge in [0, 0.05) is 23.9 Å². The molecule has 0 fully saturated rings. The van der Waals surface area contributed by atoms with E-state index in [1.165, 1.54) is 6.92 Å². The van der Waals surface area contributed by atoms with E-state index in [0.717, 1.165) is 6.08 Å². The summed E-state index contributed by atoms with van der Waals surface area (Å²) in [4.78, 5) is 21.1. The van der Waals surface area contributed by atoms with Gasteiger partial charge in [-0.2, -0.15) is 12.6 Å². The molecule has 0 aromatic heterocycles. The van der Waals surface area contributed by atoms with Crippen LogP contribution in [0.25, 0.3) is 0 Å². The Bertz CT molecular complexity index is 213. The predicted octanol–water partition coefficient (Wildman–Crippen LogP) is 0.0633. The second kappa shape index (κ2) is 5.65. The average Bonchev–Trinajstić information content (AvgIpc) is 2.00. The van der Waals surface area contributed by atoms with Gasteiger partial charge in [-0.15, -0.1) is 0 Å². The molecule has 0 aliphatic carbocycles. The normalized spacial score (nSPS) is 11.0. The van der Waals surface area contributed by atoms with E-state index in [-0.39, 0.29) is 5.57 Å². The lowest BCUT2D eigenvalue weighted by Crippen LogP contribution is -2.23. The molecule has 0 bridgehead atoms. The first-order valence-corrected chi connectivity index (χ1v) is 4.01. The third kappa shape index (κ3) is 4.79. The van der Waals surface area contributed by atoms with Crippen molar-refractivity contribution in [2.24, 2.45) is 0 Å². The van der Waals surface area contributed by atoms with Crippen LogP contribution in [0, 0.1) is 0 Å². The predicted molar refractivity (Wildman–Crippen MR) is 48.3 cm³/mol. The van der Waals surface area contributed by atoms with Gasteiger partial charge in [-0.3, -0.25) is 4.79 Å². The van der Waals surface area contributed by atoms with Gasteiger partial charge in [0.05, 0.1) is 0 Å². The zero-order valence-corrected chi connectivity index (χ0v) is 7.60. The highest BCUT2D eigenvalue weighted by Gasteiger charge is 2.02. The summed E-state index contributed by atoms with van der Waals surface area (Å²) in [5.74, 6) is -0.953. The highest BCUT2D eigenvalue weighted by molar-refractivity contribution is 7.80. The van der Waals surface area contributed by atoms with Crippen molar-refractivity contribution in [1.82, 2.24) is 5.32 Å². The average molecular weight is 189 g/mol. The largest absolute Gasteiger partial charge is 0.478 e. The van der Waals surface area contributed by atoms with Gasteiger partial charge in [-0.1, -0.05) is 0 Å². The van der Waals surface area contributed by atoms with E-state index in [9.17, 15) is 9.59 Å². The van der Waals surface area contributed by atoms with E-state index in [1.54, 1.807) is 0 Å². The molecule has 68 valence electrons. The summed E-state index contributed by atoms with van der Waals surface area (Å²) in [5, 5.41) is 10.9. The Morgan fingerprint density at radius 3 is 2.58 bits per heavy atom. The molecule has 0 aromatic rings. The van der Waals surface area contributed by atoms with E-state index < -0.39 is 11.9 Å². The number of carbonyl (C=O) groups is 2. The van der Waals surface area contributed by atoms with Crippen molar-refractivity contribution < 1.29 is 14.7 Å². The van der Waals surface area contributed by atoms with Crippen LogP contribution in [0.1, 0.15) is 6.92 Å². The van der Waals surface area contributed by atoms with E-state index in [1.807, 2.05) is 0 Å². The number of hydrogen-bond acceptors (Lipinski definition) is 3. The lowest BCUT2D eigenvalue weighted by molar-refractivity contribution is -0.133. The Labute approximate surface area is 76.1 Å². The minimum absolute atomic E-state index is 0.0201. The molecule has 2 N–H and O–H groups in total. The van der Waals surface area contributed by atoms with Crippen LogP contribution in [-0.4, -0.2) is 29.3 Å². The van der Waals surface area contributed by atoms with Gasteiger partial charge >= 0.3 is 5.97 Å². The van der Waals surface area contributed by atoms with E-state index in [0.29, 0.717) is 12.3 Å². The number of amides is 1. The fourth-order valence-corrected chi connectivity index (χ4v) is 0.600. The molecule has 0 saturated heterocycles. The molecule has 0 rings (SSSR count). The summed E-state index contributed by atoms with van der Waals surface area (Å²) < 4.78 is 0. The van der Waals surface area contributed by atoms with Gasteiger partial charge in [0.15, 0.2) is 0 Å². The van der Waals surface area contributed by atoms with Crippen LogP contribution in [0.3, 0.4) is 0 Å². The van der Waals surface area contributed by atoms with Crippen molar-refractivity contribution in [2.75, 3.05) is 12.3 Å². The molecule has 1 amide bonds. The fourth-order valence-electron chi connectivity index (χ4n) is 0.489. The highest BCUT2D eigenvalue weighted by Crippen LogP contribution is 1.90. The lowest BCUT2D eigenvalue weighted by atomic mass is 10.3. The SMILES string of the molecule is C/C(=C/C(=O)NCCS)C(=O)O. The van der Waals surface area contributed by atoms with Crippen molar-refractivity contribution in [3.8, 4) is 0 Å². The van der Waals surface area contributed by atoms with Gasteiger partial charge in [0.25, 0.3) is 0 Å². The molecular weight excluding hydrogens is 178 g/mol. The summed E-state index contributed by atoms with van der Waals surface area (Å²) in [7, 11) is 0. The Morgan fingerprint density at radius 2 is 2.17 bits per heavy atom. The number of carboxylic acid groups (broad SMARTS) is 1. The summed E-state index contributed by atoms with van der Waals surface area (Å²) in [6.45, 7) is 1.80. The second-order valence-corrected chi connectivity index (χ2v) is 2.59. The van der Waals surface area contributed by atoms with Gasteiger partial charge in [0.2, 0.25) is 5.91 Å². The maximum Gasteiger partial charge on any atom is 0.331 e. The van der Waals surface area contributed by atoms with Crippen molar-refractivity contribution in [3.63, 3.8) is 0 Å². The third-order valence-corrected chi connectivity index (χ3v) is 1.32. The van der Waals surface area contributed by atoms with Crippen LogP contribution in [0.2, 0.25) is 0 Å². The number of thiol groups is 1. The molecule has 12 heavy (non-hydrogen) atoms. The Balaban J connectivity index is 3.97. The molecule has 0 spiro atoms. The van der Waals surface area contributed by atoms with E-state index in [2.05, 4.69) is 17.9 Å². The highest BCUT2D eigenvalue weighted by atomic mass is 32.1. The number of carbonyl (C=O) groups excluding carboxylic acids is 1. The summed E-state index contributed by atoms with van der Waals surface area (Å²) in [6.07, 6.45) is 1.05. The number of nitrogens with one attached hydrogen (secondary N) is 1. The van der Waals surface area contributed by atoms with Gasteiger partial charge in [-0.25, -0.2) is 4.79 Å². The number of aliphatic carboxylic acids is 1. The van der Waals surface area contributed by atoms with Crippen LogP contribution in [0.5, 0.6) is 0 Å². The maximum atomic E-state index is 10.8. The molecule has 0 aliphatic rings. The minimum Gasteiger partial charge on any atom is -0.478 e.